The number of benzene rings is 12. The monoisotopic (exact) mass is 1290 g/mol. The van der Waals surface area contributed by atoms with Crippen LogP contribution in [0.3, 0.4) is 0 Å². The minimum atomic E-state index is 0.223. The van der Waals surface area contributed by atoms with Crippen molar-refractivity contribution in [3.05, 3.63) is 371 Å². The zero-order chi connectivity index (χ0) is 67.0. The summed E-state index contributed by atoms with van der Waals surface area (Å²) in [6.45, 7) is 24.0. The number of thiophene rings is 3. The van der Waals surface area contributed by atoms with E-state index in [0.29, 0.717) is 0 Å². The van der Waals surface area contributed by atoms with Crippen molar-refractivity contribution >= 4 is 87.2 Å². The van der Waals surface area contributed by atoms with Crippen LogP contribution in [-0.2, 0) is 10.8 Å². The summed E-state index contributed by atoms with van der Waals surface area (Å²) in [6, 6.07) is 114. The second kappa shape index (κ2) is 34.5. The van der Waals surface area contributed by atoms with Gasteiger partial charge in [-0.15, -0.1) is 34.0 Å². The maximum atomic E-state index is 5.47. The van der Waals surface area contributed by atoms with Gasteiger partial charge in [0.05, 0.1) is 0 Å². The Morgan fingerprint density at radius 3 is 1.14 bits per heavy atom. The van der Waals surface area contributed by atoms with Crippen molar-refractivity contribution in [2.45, 2.75) is 87.0 Å². The van der Waals surface area contributed by atoms with Crippen molar-refractivity contribution in [2.75, 3.05) is 0 Å². The first kappa shape index (κ1) is 69.7. The average molecular weight is 1290 g/mol. The van der Waals surface area contributed by atoms with E-state index in [2.05, 4.69) is 348 Å². The molecule has 0 saturated heterocycles. The Morgan fingerprint density at radius 2 is 0.695 bits per heavy atom. The van der Waals surface area contributed by atoms with Crippen molar-refractivity contribution in [1.82, 2.24) is 0 Å². The SMILES string of the molecule is CC(C)(C)c1ccc2ccccc2c1.CC(C)(C)c1cccc2ccccc12.Cc1ccc(-c2ccccc2)o1.Cc1ccc(-c2ccccc2)s1.Cc1ccc(-c2ccccc2)s1.Cc1ccc2ccccc2c1.Cc1ccc2ccccc2c1.c1ccc2sccc2c1. The van der Waals surface area contributed by atoms with E-state index in [1.807, 2.05) is 84.2 Å². The molecule has 0 unspecified atom stereocenters. The smallest absolute Gasteiger partial charge is 0.134 e. The van der Waals surface area contributed by atoms with Crippen LogP contribution in [0.15, 0.2) is 337 Å². The first-order chi connectivity index (χ1) is 45.9. The standard InChI is InChI=1S/2C14H16.C11H10O.2C11H10S.2C11H10.C8H6S/c1-14(2,3)13-10-6-8-11-7-4-5-9-12(11)13;1-14(2,3)13-9-8-11-6-4-5-7-12(11)10-13;3*1-9-7-8-11(12-9)10-5-3-2-4-6-10;2*1-9-6-7-10-4-2-3-5-11(10)8-9;1-2-4-8-7(3-1)5-6-9-8/h2*4-10H,1-3H3;3*2-8H,1H3;2*2-8H,1H3;1-6H. The number of hydrogen-bond donors (Lipinski definition) is 0. The van der Waals surface area contributed by atoms with Crippen LogP contribution < -0.4 is 0 Å². The molecule has 4 heterocycles. The molecule has 0 radical (unpaired) electrons. The number of aryl methyl sites for hydroxylation is 5. The van der Waals surface area contributed by atoms with Gasteiger partial charge < -0.3 is 4.42 Å². The summed E-state index contributed by atoms with van der Waals surface area (Å²) in [4.78, 5) is 5.45. The van der Waals surface area contributed by atoms with Crippen LogP contribution in [0.25, 0.3) is 85.4 Å². The molecule has 0 fully saturated rings. The van der Waals surface area contributed by atoms with Crippen LogP contribution in [-0.4, -0.2) is 0 Å². The van der Waals surface area contributed by atoms with Gasteiger partial charge >= 0.3 is 0 Å². The lowest BCUT2D eigenvalue weighted by atomic mass is 9.84. The highest BCUT2D eigenvalue weighted by molar-refractivity contribution is 7.17. The molecule has 476 valence electrons. The molecule has 0 aliphatic rings. The zero-order valence-electron chi connectivity index (χ0n) is 56.9. The Balaban J connectivity index is 0.000000128. The third-order valence-electron chi connectivity index (χ3n) is 15.8. The molecule has 4 aromatic heterocycles. The molecule has 12 aromatic carbocycles. The van der Waals surface area contributed by atoms with Gasteiger partial charge in [0.15, 0.2) is 0 Å². The maximum Gasteiger partial charge on any atom is 0.134 e. The van der Waals surface area contributed by atoms with Crippen molar-refractivity contribution in [1.29, 1.82) is 0 Å². The van der Waals surface area contributed by atoms with Crippen molar-refractivity contribution in [2.24, 2.45) is 0 Å². The topological polar surface area (TPSA) is 13.1 Å². The first-order valence-corrected chi connectivity index (χ1v) is 35.1. The molecular formula is C91H88OS3. The molecule has 0 spiro atoms. The predicted molar refractivity (Wildman–Crippen MR) is 422 cm³/mol. The molecule has 0 aliphatic heterocycles. The summed E-state index contributed by atoms with van der Waals surface area (Å²) in [5, 5.41) is 14.1. The molecule has 0 bridgehead atoms. The highest BCUT2D eigenvalue weighted by Gasteiger charge is 2.16. The molecule has 0 amide bonds. The summed E-state index contributed by atoms with van der Waals surface area (Å²) in [7, 11) is 0. The van der Waals surface area contributed by atoms with E-state index in [-0.39, 0.29) is 10.8 Å². The summed E-state index contributed by atoms with van der Waals surface area (Å²) >= 11 is 5.47. The average Bonchev–Trinajstić information content (AvgIpc) is 1.70. The molecule has 0 saturated carbocycles. The number of fused-ring (bicyclic) bond motifs is 5. The third-order valence-corrected chi connectivity index (χ3v) is 18.8. The van der Waals surface area contributed by atoms with Gasteiger partial charge in [-0.2, -0.15) is 0 Å². The lowest BCUT2D eigenvalue weighted by molar-refractivity contribution is 0.548. The molecule has 95 heavy (non-hydrogen) atoms. The van der Waals surface area contributed by atoms with Crippen molar-refractivity contribution < 1.29 is 4.42 Å². The van der Waals surface area contributed by atoms with Crippen molar-refractivity contribution in [3.8, 4) is 32.2 Å². The molecule has 16 rings (SSSR count). The number of rotatable bonds is 3. The Hall–Kier alpha value is -9.68. The Bertz CT molecular complexity index is 4610. The van der Waals surface area contributed by atoms with E-state index in [0.717, 1.165) is 17.1 Å². The molecule has 0 N–H and O–H groups in total. The summed E-state index contributed by atoms with van der Waals surface area (Å²) in [6.07, 6.45) is 0. The fraction of sp³-hybridized carbons (Fsp3) is 0.143. The summed E-state index contributed by atoms with van der Waals surface area (Å²) < 4.78 is 6.84. The van der Waals surface area contributed by atoms with E-state index in [4.69, 9.17) is 4.42 Å². The Morgan fingerprint density at radius 1 is 0.284 bits per heavy atom. The normalized spacial score (nSPS) is 10.7. The minimum absolute atomic E-state index is 0.223. The maximum absolute atomic E-state index is 5.47. The van der Waals surface area contributed by atoms with E-state index in [1.165, 1.54) is 106 Å². The highest BCUT2D eigenvalue weighted by Crippen LogP contribution is 2.32. The van der Waals surface area contributed by atoms with Crippen LogP contribution in [0, 0.1) is 34.6 Å². The van der Waals surface area contributed by atoms with Gasteiger partial charge in [-0.25, -0.2) is 0 Å². The second-order valence-electron chi connectivity index (χ2n) is 25.6. The molecular weight excluding hydrogens is 1210 g/mol. The van der Waals surface area contributed by atoms with Crippen LogP contribution in [0.4, 0.5) is 0 Å². The lowest BCUT2D eigenvalue weighted by Crippen LogP contribution is -2.11. The van der Waals surface area contributed by atoms with Gasteiger partial charge in [-0.1, -0.05) is 332 Å². The van der Waals surface area contributed by atoms with Gasteiger partial charge in [0.1, 0.15) is 11.5 Å². The fourth-order valence-corrected chi connectivity index (χ4v) is 13.2. The number of hydrogen-bond acceptors (Lipinski definition) is 4. The fourth-order valence-electron chi connectivity index (χ4n) is 10.6. The van der Waals surface area contributed by atoms with Crippen LogP contribution in [0.5, 0.6) is 0 Å². The van der Waals surface area contributed by atoms with E-state index < -0.39 is 0 Å². The van der Waals surface area contributed by atoms with Crippen molar-refractivity contribution in [3.63, 3.8) is 0 Å². The number of furan rings is 1. The van der Waals surface area contributed by atoms with Gasteiger partial charge in [-0.3, -0.25) is 0 Å². The molecule has 4 heteroatoms. The summed E-state index contributed by atoms with van der Waals surface area (Å²) in [5.74, 6) is 1.89. The Kier molecular flexibility index (Phi) is 25.3. The van der Waals surface area contributed by atoms with Crippen LogP contribution >= 0.6 is 34.0 Å². The molecule has 16 aromatic rings. The van der Waals surface area contributed by atoms with Crippen LogP contribution in [0.1, 0.15) is 79.3 Å². The highest BCUT2D eigenvalue weighted by atomic mass is 32.1. The Labute approximate surface area is 577 Å². The van der Waals surface area contributed by atoms with E-state index in [1.54, 1.807) is 11.3 Å². The molecule has 1 nitrogen and oxygen atoms in total. The zero-order valence-corrected chi connectivity index (χ0v) is 59.3. The summed E-state index contributed by atoms with van der Waals surface area (Å²) in [5.41, 5.74) is 9.70. The largest absolute Gasteiger partial charge is 0.461 e. The van der Waals surface area contributed by atoms with Gasteiger partial charge in [0.2, 0.25) is 0 Å². The first-order valence-electron chi connectivity index (χ1n) is 32.6. The second-order valence-corrected chi connectivity index (χ2v) is 29.1. The van der Waals surface area contributed by atoms with E-state index in [9.17, 15) is 0 Å². The molecule has 0 aliphatic carbocycles. The van der Waals surface area contributed by atoms with Gasteiger partial charge in [-0.05, 0) is 170 Å². The van der Waals surface area contributed by atoms with Crippen LogP contribution in [0.2, 0.25) is 0 Å². The van der Waals surface area contributed by atoms with Gasteiger partial charge in [0.25, 0.3) is 0 Å². The quantitative estimate of drug-likeness (QED) is 0.172. The molecule has 0 atom stereocenters. The third kappa shape index (κ3) is 21.4. The van der Waals surface area contributed by atoms with Gasteiger partial charge in [0, 0.05) is 29.8 Å². The minimum Gasteiger partial charge on any atom is -0.461 e. The predicted octanol–water partition coefficient (Wildman–Crippen LogP) is 28.2. The lowest BCUT2D eigenvalue weighted by Gasteiger charge is -2.21. The van der Waals surface area contributed by atoms with E-state index >= 15 is 0 Å².